The van der Waals surface area contributed by atoms with Gasteiger partial charge in [0.1, 0.15) is 11.4 Å². The molecule has 6 heteroatoms. The van der Waals surface area contributed by atoms with E-state index < -0.39 is 5.54 Å². The summed E-state index contributed by atoms with van der Waals surface area (Å²) in [5.74, 6) is -0.283. The van der Waals surface area contributed by atoms with Gasteiger partial charge >= 0.3 is 0 Å². The molecule has 2 aliphatic rings. The van der Waals surface area contributed by atoms with Gasteiger partial charge in [0.25, 0.3) is 5.91 Å². The van der Waals surface area contributed by atoms with Gasteiger partial charge in [-0.25, -0.2) is 4.39 Å². The van der Waals surface area contributed by atoms with E-state index in [2.05, 4.69) is 22.1 Å². The third-order valence-corrected chi connectivity index (χ3v) is 7.16. The molecule has 0 aliphatic carbocycles. The first kappa shape index (κ1) is 20.8. The second kappa shape index (κ2) is 7.92. The number of carbonyl (C=O) groups is 1. The second-order valence-corrected chi connectivity index (χ2v) is 9.13. The Hall–Kier alpha value is -3.77. The Morgan fingerprint density at radius 1 is 0.971 bits per heavy atom. The standard InChI is InChI=1S/C28H25FN4O/c1-31-18-23(16-30-31)21-11-12-22(25(29)15-21)19-33-26-10-6-5-9-24(26)28(27(33)34)13-14-32(28)17-20-7-3-2-4-8-20/h2-12,15-16,18H,13-14,17,19H2,1H3. The van der Waals surface area contributed by atoms with Crippen LogP contribution in [-0.4, -0.2) is 27.1 Å². The first-order valence-electron chi connectivity index (χ1n) is 11.5. The van der Waals surface area contributed by atoms with E-state index in [1.54, 1.807) is 21.8 Å². The van der Waals surface area contributed by atoms with Crippen LogP contribution in [0.25, 0.3) is 11.1 Å². The molecular formula is C28H25FN4O. The van der Waals surface area contributed by atoms with Crippen molar-refractivity contribution in [3.8, 4) is 11.1 Å². The van der Waals surface area contributed by atoms with Crippen molar-refractivity contribution in [2.24, 2.45) is 7.05 Å². The van der Waals surface area contributed by atoms with E-state index in [9.17, 15) is 4.79 Å². The zero-order valence-electron chi connectivity index (χ0n) is 19.0. The van der Waals surface area contributed by atoms with Gasteiger partial charge in [0, 0.05) is 48.7 Å². The monoisotopic (exact) mass is 452 g/mol. The third kappa shape index (κ3) is 3.17. The topological polar surface area (TPSA) is 41.4 Å². The van der Waals surface area contributed by atoms with Gasteiger partial charge in [-0.2, -0.15) is 5.10 Å². The molecule has 2 aliphatic heterocycles. The number of aryl methyl sites for hydroxylation is 1. The number of rotatable bonds is 5. The second-order valence-electron chi connectivity index (χ2n) is 9.13. The SMILES string of the molecule is Cn1cc(-c2ccc(CN3C(=O)C4(CCN4Cc4ccccc4)c4ccccc43)c(F)c2)cn1. The van der Waals surface area contributed by atoms with Crippen LogP contribution in [0.5, 0.6) is 0 Å². The summed E-state index contributed by atoms with van der Waals surface area (Å²) in [6.45, 7) is 1.77. The van der Waals surface area contributed by atoms with Crippen LogP contribution in [0.1, 0.15) is 23.1 Å². The predicted molar refractivity (Wildman–Crippen MR) is 129 cm³/mol. The van der Waals surface area contributed by atoms with Crippen molar-refractivity contribution in [2.45, 2.75) is 25.0 Å². The van der Waals surface area contributed by atoms with Crippen molar-refractivity contribution in [1.29, 1.82) is 0 Å². The average molecular weight is 453 g/mol. The lowest BCUT2D eigenvalue weighted by molar-refractivity contribution is -0.140. The number of hydrogen-bond donors (Lipinski definition) is 0. The molecule has 1 spiro atoms. The highest BCUT2D eigenvalue weighted by atomic mass is 19.1. The summed E-state index contributed by atoms with van der Waals surface area (Å²) < 4.78 is 16.9. The molecule has 0 bridgehead atoms. The maximum absolute atomic E-state index is 15.2. The molecule has 6 rings (SSSR count). The fourth-order valence-electron chi connectivity index (χ4n) is 5.32. The number of aromatic nitrogens is 2. The van der Waals surface area contributed by atoms with E-state index in [4.69, 9.17) is 0 Å². The summed E-state index contributed by atoms with van der Waals surface area (Å²) in [5, 5.41) is 4.17. The number of anilines is 1. The van der Waals surface area contributed by atoms with E-state index in [0.717, 1.165) is 35.3 Å². The molecule has 1 saturated heterocycles. The molecule has 0 N–H and O–H groups in total. The number of halogens is 1. The molecule has 4 aromatic rings. The van der Waals surface area contributed by atoms with Crippen LogP contribution in [0, 0.1) is 5.82 Å². The molecule has 34 heavy (non-hydrogen) atoms. The van der Waals surface area contributed by atoms with Gasteiger partial charge in [-0.1, -0.05) is 60.7 Å². The van der Waals surface area contributed by atoms with E-state index in [1.807, 2.05) is 61.8 Å². The van der Waals surface area contributed by atoms with Gasteiger partial charge in [0.2, 0.25) is 0 Å². The average Bonchev–Trinajstić information content (AvgIpc) is 3.39. The molecule has 170 valence electrons. The summed E-state index contributed by atoms with van der Waals surface area (Å²) in [4.78, 5) is 17.9. The van der Waals surface area contributed by atoms with Crippen molar-refractivity contribution in [1.82, 2.24) is 14.7 Å². The first-order valence-corrected chi connectivity index (χ1v) is 11.5. The van der Waals surface area contributed by atoms with Crippen LogP contribution in [-0.2, 0) is 30.5 Å². The fraction of sp³-hybridized carbons (Fsp3) is 0.214. The minimum absolute atomic E-state index is 0.0339. The molecule has 1 amide bonds. The number of likely N-dealkylation sites (tertiary alicyclic amines) is 1. The van der Waals surface area contributed by atoms with Crippen LogP contribution in [0.2, 0.25) is 0 Å². The number of fused-ring (bicyclic) bond motifs is 2. The third-order valence-electron chi connectivity index (χ3n) is 7.16. The number of amides is 1. The van der Waals surface area contributed by atoms with Crippen LogP contribution < -0.4 is 4.90 Å². The lowest BCUT2D eigenvalue weighted by Gasteiger charge is -2.49. The van der Waals surface area contributed by atoms with Crippen LogP contribution in [0.15, 0.2) is 85.2 Å². The Bertz CT molecular complexity index is 1380. The highest BCUT2D eigenvalue weighted by Gasteiger charge is 2.59. The quantitative estimate of drug-likeness (QED) is 0.434. The zero-order chi connectivity index (χ0) is 23.3. The maximum atomic E-state index is 15.2. The van der Waals surface area contributed by atoms with E-state index >= 15 is 4.39 Å². The molecule has 1 unspecified atom stereocenters. The van der Waals surface area contributed by atoms with Crippen molar-refractivity contribution in [3.05, 3.63) is 108 Å². The predicted octanol–water partition coefficient (Wildman–Crippen LogP) is 4.87. The molecular weight excluding hydrogens is 427 g/mol. The molecule has 1 atom stereocenters. The lowest BCUT2D eigenvalue weighted by atomic mass is 9.78. The number of para-hydroxylation sites is 1. The van der Waals surface area contributed by atoms with Crippen LogP contribution in [0.4, 0.5) is 10.1 Å². The number of nitrogens with zero attached hydrogens (tertiary/aromatic N) is 4. The molecule has 3 heterocycles. The van der Waals surface area contributed by atoms with Gasteiger partial charge in [-0.15, -0.1) is 0 Å². The normalized spacial score (nSPS) is 19.5. The summed E-state index contributed by atoms with van der Waals surface area (Å²) in [6, 6.07) is 23.4. The summed E-state index contributed by atoms with van der Waals surface area (Å²) in [6.07, 6.45) is 4.35. The van der Waals surface area contributed by atoms with E-state index in [1.165, 1.54) is 11.6 Å². The molecule has 1 fully saturated rings. The first-order chi connectivity index (χ1) is 16.6. The highest BCUT2D eigenvalue weighted by Crippen LogP contribution is 2.52. The lowest BCUT2D eigenvalue weighted by Crippen LogP contribution is -2.61. The van der Waals surface area contributed by atoms with Crippen molar-refractivity contribution in [2.75, 3.05) is 11.4 Å². The van der Waals surface area contributed by atoms with Gasteiger partial charge < -0.3 is 4.90 Å². The Balaban J connectivity index is 1.31. The largest absolute Gasteiger partial charge is 0.306 e. The Labute approximate surface area is 198 Å². The zero-order valence-corrected chi connectivity index (χ0v) is 19.0. The summed E-state index contributed by atoms with van der Waals surface area (Å²) >= 11 is 0. The van der Waals surface area contributed by atoms with Gasteiger partial charge in [0.05, 0.1) is 12.7 Å². The van der Waals surface area contributed by atoms with Crippen molar-refractivity contribution < 1.29 is 9.18 Å². The van der Waals surface area contributed by atoms with Crippen molar-refractivity contribution in [3.63, 3.8) is 0 Å². The van der Waals surface area contributed by atoms with Gasteiger partial charge in [-0.05, 0) is 29.7 Å². The molecule has 0 radical (unpaired) electrons. The maximum Gasteiger partial charge on any atom is 0.252 e. The summed E-state index contributed by atoms with van der Waals surface area (Å²) in [7, 11) is 1.84. The Morgan fingerprint density at radius 3 is 2.47 bits per heavy atom. The number of benzene rings is 3. The van der Waals surface area contributed by atoms with Gasteiger partial charge in [0.15, 0.2) is 0 Å². The smallest absolute Gasteiger partial charge is 0.252 e. The minimum atomic E-state index is -0.668. The van der Waals surface area contributed by atoms with Crippen LogP contribution in [0.3, 0.4) is 0 Å². The van der Waals surface area contributed by atoms with E-state index in [0.29, 0.717) is 12.1 Å². The molecule has 0 saturated carbocycles. The summed E-state index contributed by atoms with van der Waals surface area (Å²) in [5.41, 5.74) is 4.55. The minimum Gasteiger partial charge on any atom is -0.306 e. The van der Waals surface area contributed by atoms with Gasteiger partial charge in [-0.3, -0.25) is 14.4 Å². The molecule has 1 aromatic heterocycles. The molecule has 3 aromatic carbocycles. The number of hydrogen-bond acceptors (Lipinski definition) is 3. The Morgan fingerprint density at radius 2 is 1.76 bits per heavy atom. The fourth-order valence-corrected chi connectivity index (χ4v) is 5.32. The van der Waals surface area contributed by atoms with E-state index in [-0.39, 0.29) is 18.3 Å². The van der Waals surface area contributed by atoms with Crippen molar-refractivity contribution >= 4 is 11.6 Å². The Kier molecular flexibility index (Phi) is 4.85. The van der Waals surface area contributed by atoms with Crippen LogP contribution >= 0.6 is 0 Å². The molecule has 5 nitrogen and oxygen atoms in total. The highest BCUT2D eigenvalue weighted by molar-refractivity contribution is 6.08. The number of carbonyl (C=O) groups excluding carboxylic acids is 1.